The Bertz CT molecular complexity index is 1580. The molecule has 0 bridgehead atoms. The normalized spacial score (nSPS) is 15.8. The molecule has 4 aromatic rings. The van der Waals surface area contributed by atoms with Crippen molar-refractivity contribution in [2.75, 3.05) is 23.3 Å². The minimum absolute atomic E-state index is 0.181. The van der Waals surface area contributed by atoms with Gasteiger partial charge in [-0.05, 0) is 36.8 Å². The summed E-state index contributed by atoms with van der Waals surface area (Å²) in [5, 5.41) is 10.9. The fourth-order valence-electron chi connectivity index (χ4n) is 4.39. The van der Waals surface area contributed by atoms with Crippen LogP contribution in [0.25, 0.3) is 16.6 Å². The average molecular weight is 533 g/mol. The minimum Gasteiger partial charge on any atom is -0.368 e. The van der Waals surface area contributed by atoms with Gasteiger partial charge in [0.2, 0.25) is 0 Å². The van der Waals surface area contributed by atoms with Crippen molar-refractivity contribution in [2.45, 2.75) is 25.2 Å². The number of halogens is 5. The van der Waals surface area contributed by atoms with E-state index in [0.29, 0.717) is 35.3 Å². The van der Waals surface area contributed by atoms with Gasteiger partial charge in [0, 0.05) is 36.8 Å². The molecule has 38 heavy (non-hydrogen) atoms. The number of nitrogens with one attached hydrogen (secondary N) is 1. The molecule has 0 unspecified atom stereocenters. The van der Waals surface area contributed by atoms with Crippen LogP contribution < -0.4 is 21.5 Å². The molecule has 0 aliphatic carbocycles. The number of hydrogen-bond donors (Lipinski definition) is 2. The minimum atomic E-state index is -4.48. The SMILES string of the molecule is N[C@@H]1CCN(c2c(NC(=O)c3ccc(=O)n(-c4c(F)cccc4F)n3)ccc3nn(CC(F)(F)F)cc23)C1. The molecule has 3 N–H and O–H groups in total. The molecule has 2 aromatic heterocycles. The molecule has 1 saturated heterocycles. The molecule has 2 aromatic carbocycles. The van der Waals surface area contributed by atoms with E-state index < -0.39 is 41.5 Å². The maximum absolute atomic E-state index is 14.3. The standard InChI is InChI=1S/C24H20F5N7O2/c25-15-2-1-3-16(26)22(15)36-20(37)7-6-19(33-36)23(38)31-18-5-4-17-14(11-35(32-17)12-24(27,28)29)21(18)34-9-8-13(30)10-34/h1-7,11,13H,8-10,12,30H2,(H,31,38)/t13-/m1/s1. The average Bonchev–Trinajstić information content (AvgIpc) is 3.44. The summed E-state index contributed by atoms with van der Waals surface area (Å²) >= 11 is 0. The van der Waals surface area contributed by atoms with Crippen molar-refractivity contribution in [3.05, 3.63) is 76.3 Å². The van der Waals surface area contributed by atoms with Crippen molar-refractivity contribution >= 4 is 28.2 Å². The molecule has 0 saturated carbocycles. The number of benzene rings is 2. The van der Waals surface area contributed by atoms with E-state index in [9.17, 15) is 31.5 Å². The third-order valence-corrected chi connectivity index (χ3v) is 6.02. The predicted octanol–water partition coefficient (Wildman–Crippen LogP) is 3.21. The number of fused-ring (bicyclic) bond motifs is 1. The molecule has 198 valence electrons. The van der Waals surface area contributed by atoms with Gasteiger partial charge in [-0.1, -0.05) is 6.07 Å². The zero-order chi connectivity index (χ0) is 27.2. The molecule has 0 spiro atoms. The summed E-state index contributed by atoms with van der Waals surface area (Å²) in [4.78, 5) is 27.3. The molecule has 1 aliphatic rings. The Hall–Kier alpha value is -4.33. The molecule has 0 radical (unpaired) electrons. The Kier molecular flexibility index (Phi) is 6.34. The second-order valence-electron chi connectivity index (χ2n) is 8.82. The number of nitrogens with two attached hydrogens (primary N) is 1. The summed E-state index contributed by atoms with van der Waals surface area (Å²) in [6.45, 7) is -0.411. The van der Waals surface area contributed by atoms with Crippen LogP contribution in [0.4, 0.5) is 33.3 Å². The molecule has 9 nitrogen and oxygen atoms in total. The third-order valence-electron chi connectivity index (χ3n) is 6.02. The second kappa shape index (κ2) is 9.52. The van der Waals surface area contributed by atoms with Crippen LogP contribution >= 0.6 is 0 Å². The van der Waals surface area contributed by atoms with Crippen LogP contribution in [-0.4, -0.2) is 50.8 Å². The van der Waals surface area contributed by atoms with E-state index in [1.54, 1.807) is 0 Å². The lowest BCUT2D eigenvalue weighted by Crippen LogP contribution is -2.28. The maximum atomic E-state index is 14.3. The number of carbonyl (C=O) groups is 1. The van der Waals surface area contributed by atoms with Crippen LogP contribution in [0.2, 0.25) is 0 Å². The molecule has 1 atom stereocenters. The highest BCUT2D eigenvalue weighted by Gasteiger charge is 2.30. The van der Waals surface area contributed by atoms with Gasteiger partial charge in [0.25, 0.3) is 11.5 Å². The van der Waals surface area contributed by atoms with Crippen molar-refractivity contribution in [1.82, 2.24) is 19.6 Å². The lowest BCUT2D eigenvalue weighted by atomic mass is 10.1. The first-order valence-corrected chi connectivity index (χ1v) is 11.4. The van der Waals surface area contributed by atoms with Gasteiger partial charge in [-0.3, -0.25) is 14.3 Å². The highest BCUT2D eigenvalue weighted by atomic mass is 19.4. The summed E-state index contributed by atoms with van der Waals surface area (Å²) in [6.07, 6.45) is -2.61. The first-order valence-electron chi connectivity index (χ1n) is 11.4. The van der Waals surface area contributed by atoms with Crippen LogP contribution in [-0.2, 0) is 6.54 Å². The molecular weight excluding hydrogens is 513 g/mol. The van der Waals surface area contributed by atoms with Crippen molar-refractivity contribution in [1.29, 1.82) is 0 Å². The summed E-state index contributed by atoms with van der Waals surface area (Å²) in [5.74, 6) is -2.92. The number of aromatic nitrogens is 4. The number of amides is 1. The summed E-state index contributed by atoms with van der Waals surface area (Å²) in [5.41, 5.74) is 5.05. The Morgan fingerprint density at radius 3 is 2.45 bits per heavy atom. The van der Waals surface area contributed by atoms with Crippen LogP contribution in [0.5, 0.6) is 0 Å². The Balaban J connectivity index is 1.54. The topological polar surface area (TPSA) is 111 Å². The highest BCUT2D eigenvalue weighted by molar-refractivity contribution is 6.08. The van der Waals surface area contributed by atoms with E-state index in [4.69, 9.17) is 5.73 Å². The van der Waals surface area contributed by atoms with Crippen molar-refractivity contribution in [2.24, 2.45) is 5.73 Å². The van der Waals surface area contributed by atoms with Crippen molar-refractivity contribution < 1.29 is 26.7 Å². The number of rotatable bonds is 5. The van der Waals surface area contributed by atoms with E-state index >= 15 is 0 Å². The molecular formula is C24H20F5N7O2. The van der Waals surface area contributed by atoms with Crippen molar-refractivity contribution in [3.8, 4) is 5.69 Å². The van der Waals surface area contributed by atoms with Gasteiger partial charge in [0.15, 0.2) is 11.6 Å². The van der Waals surface area contributed by atoms with Gasteiger partial charge in [0.05, 0.1) is 16.9 Å². The Labute approximate surface area is 211 Å². The predicted molar refractivity (Wildman–Crippen MR) is 128 cm³/mol. The molecule has 5 rings (SSSR count). The highest BCUT2D eigenvalue weighted by Crippen LogP contribution is 2.37. The first kappa shape index (κ1) is 25.3. The monoisotopic (exact) mass is 533 g/mol. The molecule has 1 fully saturated rings. The Morgan fingerprint density at radius 2 is 1.79 bits per heavy atom. The van der Waals surface area contributed by atoms with E-state index in [0.717, 1.165) is 35.0 Å². The van der Waals surface area contributed by atoms with Crippen LogP contribution in [0.15, 0.2) is 53.5 Å². The lowest BCUT2D eigenvalue weighted by molar-refractivity contribution is -0.142. The molecule has 1 amide bonds. The van der Waals surface area contributed by atoms with Crippen LogP contribution in [0, 0.1) is 11.6 Å². The maximum Gasteiger partial charge on any atom is 0.408 e. The van der Waals surface area contributed by atoms with Crippen molar-refractivity contribution in [3.63, 3.8) is 0 Å². The smallest absolute Gasteiger partial charge is 0.368 e. The van der Waals surface area contributed by atoms with E-state index in [-0.39, 0.29) is 22.9 Å². The molecule has 14 heteroatoms. The van der Waals surface area contributed by atoms with Gasteiger partial charge < -0.3 is 16.0 Å². The number of alkyl halides is 3. The van der Waals surface area contributed by atoms with Crippen LogP contribution in [0.1, 0.15) is 16.9 Å². The van der Waals surface area contributed by atoms with Crippen LogP contribution in [0.3, 0.4) is 0 Å². The number of carbonyl (C=O) groups excluding carboxylic acids is 1. The fraction of sp³-hybridized carbons (Fsp3) is 0.250. The number of para-hydroxylation sites is 1. The van der Waals surface area contributed by atoms with E-state index in [1.807, 2.05) is 4.90 Å². The van der Waals surface area contributed by atoms with Gasteiger partial charge in [-0.2, -0.15) is 28.1 Å². The number of nitrogens with zero attached hydrogens (tertiary/aromatic N) is 5. The van der Waals surface area contributed by atoms with Gasteiger partial charge in [-0.25, -0.2) is 8.78 Å². The van der Waals surface area contributed by atoms with Gasteiger partial charge in [0.1, 0.15) is 17.9 Å². The first-order chi connectivity index (χ1) is 18.0. The Morgan fingerprint density at radius 1 is 1.05 bits per heavy atom. The summed E-state index contributed by atoms with van der Waals surface area (Å²) in [7, 11) is 0. The molecule has 3 heterocycles. The second-order valence-corrected chi connectivity index (χ2v) is 8.82. The molecule has 1 aliphatic heterocycles. The fourth-order valence-corrected chi connectivity index (χ4v) is 4.39. The summed E-state index contributed by atoms with van der Waals surface area (Å²) < 4.78 is 68.7. The lowest BCUT2D eigenvalue weighted by Gasteiger charge is -2.23. The number of hydrogen-bond acceptors (Lipinski definition) is 6. The van der Waals surface area contributed by atoms with Gasteiger partial charge >= 0.3 is 6.18 Å². The van der Waals surface area contributed by atoms with Gasteiger partial charge in [-0.15, -0.1) is 0 Å². The quantitative estimate of drug-likeness (QED) is 0.381. The third kappa shape index (κ3) is 4.94. The number of anilines is 2. The zero-order valence-corrected chi connectivity index (χ0v) is 19.5. The summed E-state index contributed by atoms with van der Waals surface area (Å²) in [6, 6.07) is 7.81. The zero-order valence-electron chi connectivity index (χ0n) is 19.5. The van der Waals surface area contributed by atoms with E-state index in [2.05, 4.69) is 15.5 Å². The largest absolute Gasteiger partial charge is 0.408 e. The van der Waals surface area contributed by atoms with E-state index in [1.165, 1.54) is 18.3 Å².